The summed E-state index contributed by atoms with van der Waals surface area (Å²) in [6, 6.07) is 6.32. The predicted molar refractivity (Wildman–Crippen MR) is 86.9 cm³/mol. The van der Waals surface area contributed by atoms with Crippen molar-refractivity contribution in [1.29, 1.82) is 0 Å². The van der Waals surface area contributed by atoms with Crippen LogP contribution < -0.4 is 5.32 Å². The van der Waals surface area contributed by atoms with Crippen LogP contribution in [0, 0.1) is 10.1 Å². The number of nitro benzene ring substituents is 1. The van der Waals surface area contributed by atoms with E-state index >= 15 is 0 Å². The molecule has 1 atom stereocenters. The third kappa shape index (κ3) is 5.11. The molecule has 6 heteroatoms. The van der Waals surface area contributed by atoms with Crippen LogP contribution in [0.1, 0.15) is 38.7 Å². The van der Waals surface area contributed by atoms with Crippen LogP contribution in [0.15, 0.2) is 24.3 Å². The molecule has 0 bridgehead atoms. The molecule has 0 radical (unpaired) electrons. The molecule has 0 aliphatic heterocycles. The number of likely N-dealkylation sites (N-methyl/N-ethyl adjacent to an activating group) is 1. The largest absolute Gasteiger partial charge is 0.354 e. The fourth-order valence-corrected chi connectivity index (χ4v) is 2.43. The molecule has 0 aliphatic carbocycles. The van der Waals surface area contributed by atoms with Crippen molar-refractivity contribution in [2.45, 2.75) is 33.1 Å². The summed E-state index contributed by atoms with van der Waals surface area (Å²) < 4.78 is 0. The van der Waals surface area contributed by atoms with Gasteiger partial charge in [-0.15, -0.1) is 0 Å². The van der Waals surface area contributed by atoms with E-state index in [1.807, 2.05) is 6.92 Å². The van der Waals surface area contributed by atoms with Crippen LogP contribution in [0.25, 0.3) is 0 Å². The molecule has 0 saturated heterocycles. The maximum atomic E-state index is 12.3. The van der Waals surface area contributed by atoms with Gasteiger partial charge in [0.25, 0.3) is 5.69 Å². The summed E-state index contributed by atoms with van der Waals surface area (Å²) in [5.74, 6) is -0.424. The third-order valence-electron chi connectivity index (χ3n) is 3.83. The minimum atomic E-state index is -0.436. The summed E-state index contributed by atoms with van der Waals surface area (Å²) in [5.41, 5.74) is 0.712. The summed E-state index contributed by atoms with van der Waals surface area (Å²) in [5, 5.41) is 13.8. The number of rotatable bonds is 9. The van der Waals surface area contributed by atoms with Crippen LogP contribution >= 0.6 is 0 Å². The molecule has 1 rings (SSSR count). The fourth-order valence-electron chi connectivity index (χ4n) is 2.43. The van der Waals surface area contributed by atoms with Crippen LogP contribution in [0.4, 0.5) is 5.69 Å². The van der Waals surface area contributed by atoms with Crippen molar-refractivity contribution >= 4 is 11.6 Å². The summed E-state index contributed by atoms with van der Waals surface area (Å²) >= 11 is 0. The van der Waals surface area contributed by atoms with E-state index in [2.05, 4.69) is 24.1 Å². The summed E-state index contributed by atoms with van der Waals surface area (Å²) in [7, 11) is 0. The van der Waals surface area contributed by atoms with Gasteiger partial charge < -0.3 is 10.2 Å². The Balaban J connectivity index is 2.68. The Morgan fingerprint density at radius 2 is 2.00 bits per heavy atom. The number of nitro groups is 1. The number of hydrogen-bond acceptors (Lipinski definition) is 4. The van der Waals surface area contributed by atoms with Crippen LogP contribution in [0.5, 0.6) is 0 Å². The van der Waals surface area contributed by atoms with Gasteiger partial charge in [-0.2, -0.15) is 0 Å². The molecule has 1 aromatic carbocycles. The third-order valence-corrected chi connectivity index (χ3v) is 3.83. The highest BCUT2D eigenvalue weighted by atomic mass is 16.6. The minimum absolute atomic E-state index is 0.0203. The predicted octanol–water partition coefficient (Wildman–Crippen LogP) is 2.55. The first-order valence-corrected chi connectivity index (χ1v) is 7.77. The molecule has 1 unspecified atom stereocenters. The summed E-state index contributed by atoms with van der Waals surface area (Å²) in [4.78, 5) is 25.0. The molecule has 122 valence electrons. The molecule has 0 heterocycles. The van der Waals surface area contributed by atoms with Gasteiger partial charge in [-0.1, -0.05) is 32.9 Å². The lowest BCUT2D eigenvalue weighted by Crippen LogP contribution is -2.37. The van der Waals surface area contributed by atoms with Gasteiger partial charge in [0, 0.05) is 25.2 Å². The standard InChI is InChI=1S/C16H25N3O3/c1-4-15(13-8-7-9-14(12-13)19(21)22)16(20)17-10-11-18(5-2)6-3/h7-9,12,15H,4-6,10-11H2,1-3H3,(H,17,20). The average molecular weight is 307 g/mol. The number of hydrogen-bond donors (Lipinski definition) is 1. The zero-order valence-electron chi connectivity index (χ0n) is 13.5. The van der Waals surface area contributed by atoms with Gasteiger partial charge in [0.2, 0.25) is 5.91 Å². The molecular formula is C16H25N3O3. The normalized spacial score (nSPS) is 12.2. The zero-order chi connectivity index (χ0) is 16.5. The molecule has 0 fully saturated rings. The van der Waals surface area contributed by atoms with E-state index in [1.54, 1.807) is 12.1 Å². The molecule has 22 heavy (non-hydrogen) atoms. The smallest absolute Gasteiger partial charge is 0.269 e. The number of nitrogens with one attached hydrogen (secondary N) is 1. The first-order valence-electron chi connectivity index (χ1n) is 7.77. The molecular weight excluding hydrogens is 282 g/mol. The topological polar surface area (TPSA) is 75.5 Å². The number of nitrogens with zero attached hydrogens (tertiary/aromatic N) is 2. The van der Waals surface area contributed by atoms with E-state index in [-0.39, 0.29) is 17.5 Å². The number of amides is 1. The second-order valence-electron chi connectivity index (χ2n) is 5.13. The van der Waals surface area contributed by atoms with E-state index in [4.69, 9.17) is 0 Å². The van der Waals surface area contributed by atoms with Gasteiger partial charge in [-0.05, 0) is 25.1 Å². The molecule has 0 saturated carbocycles. The van der Waals surface area contributed by atoms with E-state index < -0.39 is 4.92 Å². The van der Waals surface area contributed by atoms with Crippen LogP contribution in [0.2, 0.25) is 0 Å². The van der Waals surface area contributed by atoms with E-state index in [1.165, 1.54) is 12.1 Å². The van der Waals surface area contributed by atoms with Gasteiger partial charge in [-0.25, -0.2) is 0 Å². The monoisotopic (exact) mass is 307 g/mol. The molecule has 1 amide bonds. The number of non-ortho nitro benzene ring substituents is 1. The Bertz CT molecular complexity index is 501. The highest BCUT2D eigenvalue weighted by Gasteiger charge is 2.20. The molecule has 0 aromatic heterocycles. The first kappa shape index (κ1) is 18.1. The Labute approximate surface area is 131 Å². The molecule has 6 nitrogen and oxygen atoms in total. The highest BCUT2D eigenvalue weighted by molar-refractivity contribution is 5.83. The van der Waals surface area contributed by atoms with Gasteiger partial charge in [0.1, 0.15) is 0 Å². The lowest BCUT2D eigenvalue weighted by molar-refractivity contribution is -0.384. The Morgan fingerprint density at radius 3 is 2.55 bits per heavy atom. The van der Waals surface area contributed by atoms with Crippen LogP contribution in [0.3, 0.4) is 0 Å². The maximum Gasteiger partial charge on any atom is 0.269 e. The quantitative estimate of drug-likeness (QED) is 0.562. The van der Waals surface area contributed by atoms with Gasteiger partial charge >= 0.3 is 0 Å². The second-order valence-corrected chi connectivity index (χ2v) is 5.13. The summed E-state index contributed by atoms with van der Waals surface area (Å²) in [6.07, 6.45) is 0.609. The molecule has 1 aromatic rings. The maximum absolute atomic E-state index is 12.3. The highest BCUT2D eigenvalue weighted by Crippen LogP contribution is 2.23. The van der Waals surface area contributed by atoms with Crippen molar-refractivity contribution in [3.63, 3.8) is 0 Å². The molecule has 0 spiro atoms. The number of benzene rings is 1. The zero-order valence-corrected chi connectivity index (χ0v) is 13.5. The van der Waals surface area contributed by atoms with Crippen molar-refractivity contribution in [3.05, 3.63) is 39.9 Å². The Kier molecular flexibility index (Phi) is 7.52. The van der Waals surface area contributed by atoms with E-state index in [0.717, 1.165) is 19.6 Å². The first-order chi connectivity index (χ1) is 10.5. The van der Waals surface area contributed by atoms with Gasteiger partial charge in [0.05, 0.1) is 10.8 Å². The minimum Gasteiger partial charge on any atom is -0.354 e. The van der Waals surface area contributed by atoms with Crippen molar-refractivity contribution < 1.29 is 9.72 Å². The van der Waals surface area contributed by atoms with Crippen LogP contribution in [-0.2, 0) is 4.79 Å². The Hall–Kier alpha value is -1.95. The lowest BCUT2D eigenvalue weighted by atomic mass is 9.95. The summed E-state index contributed by atoms with van der Waals surface area (Å²) in [6.45, 7) is 9.39. The van der Waals surface area contributed by atoms with Crippen LogP contribution in [-0.4, -0.2) is 41.9 Å². The fraction of sp³-hybridized carbons (Fsp3) is 0.562. The molecule has 0 aliphatic rings. The number of carbonyl (C=O) groups is 1. The van der Waals surface area contributed by atoms with Crippen molar-refractivity contribution in [1.82, 2.24) is 10.2 Å². The lowest BCUT2D eigenvalue weighted by Gasteiger charge is -2.20. The van der Waals surface area contributed by atoms with Crippen molar-refractivity contribution in [2.24, 2.45) is 0 Å². The van der Waals surface area contributed by atoms with Crippen molar-refractivity contribution in [2.75, 3.05) is 26.2 Å². The SMILES string of the molecule is CCC(C(=O)NCCN(CC)CC)c1cccc([N+](=O)[O-])c1. The van der Waals surface area contributed by atoms with E-state index in [9.17, 15) is 14.9 Å². The molecule has 1 N–H and O–H groups in total. The average Bonchev–Trinajstić information content (AvgIpc) is 2.52. The van der Waals surface area contributed by atoms with Gasteiger partial charge in [0.15, 0.2) is 0 Å². The van der Waals surface area contributed by atoms with Gasteiger partial charge in [-0.3, -0.25) is 14.9 Å². The van der Waals surface area contributed by atoms with E-state index in [0.29, 0.717) is 18.5 Å². The van der Waals surface area contributed by atoms with Crippen molar-refractivity contribution in [3.8, 4) is 0 Å². The second kappa shape index (κ2) is 9.15. The Morgan fingerprint density at radius 1 is 1.32 bits per heavy atom. The number of carbonyl (C=O) groups excluding carboxylic acids is 1.